The van der Waals surface area contributed by atoms with Crippen molar-refractivity contribution in [3.8, 4) is 17.3 Å². The van der Waals surface area contributed by atoms with Gasteiger partial charge in [0.25, 0.3) is 5.91 Å². The van der Waals surface area contributed by atoms with Crippen molar-refractivity contribution in [2.45, 2.75) is 6.92 Å². The highest BCUT2D eigenvalue weighted by molar-refractivity contribution is 6.02. The molecule has 5 rings (SSSR count). The second-order valence-electron chi connectivity index (χ2n) is 7.70. The van der Waals surface area contributed by atoms with Gasteiger partial charge in [-0.15, -0.1) is 0 Å². The number of hydrogen-bond donors (Lipinski definition) is 1. The standard InChI is InChI=1S/C23H25N7O2/c1-17-27-19(16-30(17)23-25-6-4-7-26-23)21-15-18(20-5-2-3-9-29(20)21)22(31)24-8-10-28-11-13-32-14-12-28/h2-7,9,15-16H,8,10-14H2,1H3,(H,24,31). The van der Waals surface area contributed by atoms with Crippen LogP contribution in [0.3, 0.4) is 0 Å². The minimum Gasteiger partial charge on any atom is -0.379 e. The van der Waals surface area contributed by atoms with E-state index in [9.17, 15) is 4.79 Å². The van der Waals surface area contributed by atoms with Crippen LogP contribution in [0.2, 0.25) is 0 Å². The van der Waals surface area contributed by atoms with Crippen LogP contribution in [-0.4, -0.2) is 74.1 Å². The van der Waals surface area contributed by atoms with Gasteiger partial charge in [-0.2, -0.15) is 0 Å². The van der Waals surface area contributed by atoms with E-state index in [1.807, 2.05) is 52.6 Å². The number of hydrogen-bond acceptors (Lipinski definition) is 6. The van der Waals surface area contributed by atoms with Crippen molar-refractivity contribution in [2.75, 3.05) is 39.4 Å². The molecule has 5 heterocycles. The molecule has 1 saturated heterocycles. The third kappa shape index (κ3) is 4.00. The van der Waals surface area contributed by atoms with E-state index in [2.05, 4.69) is 20.2 Å². The summed E-state index contributed by atoms with van der Waals surface area (Å²) in [6.45, 7) is 6.63. The summed E-state index contributed by atoms with van der Waals surface area (Å²) in [5.41, 5.74) is 3.07. The third-order valence-electron chi connectivity index (χ3n) is 5.65. The minimum atomic E-state index is -0.0873. The number of pyridine rings is 1. The van der Waals surface area contributed by atoms with Gasteiger partial charge >= 0.3 is 0 Å². The average Bonchev–Trinajstić information content (AvgIpc) is 3.41. The van der Waals surface area contributed by atoms with E-state index >= 15 is 0 Å². The van der Waals surface area contributed by atoms with Crippen molar-refractivity contribution >= 4 is 11.4 Å². The Morgan fingerprint density at radius 2 is 1.97 bits per heavy atom. The predicted octanol–water partition coefficient (Wildman–Crippen LogP) is 1.95. The molecule has 4 aromatic rings. The number of amides is 1. The molecular formula is C23H25N7O2. The first-order chi connectivity index (χ1) is 15.7. The monoisotopic (exact) mass is 431 g/mol. The molecule has 1 fully saturated rings. The van der Waals surface area contributed by atoms with Crippen molar-refractivity contribution in [2.24, 2.45) is 0 Å². The highest BCUT2D eigenvalue weighted by atomic mass is 16.5. The highest BCUT2D eigenvalue weighted by Crippen LogP contribution is 2.26. The smallest absolute Gasteiger partial charge is 0.253 e. The second kappa shape index (κ2) is 8.89. The summed E-state index contributed by atoms with van der Waals surface area (Å²) in [5, 5.41) is 3.07. The van der Waals surface area contributed by atoms with Crippen LogP contribution in [-0.2, 0) is 4.74 Å². The second-order valence-corrected chi connectivity index (χ2v) is 7.70. The normalized spacial score (nSPS) is 14.7. The van der Waals surface area contributed by atoms with E-state index in [1.165, 1.54) is 0 Å². The maximum Gasteiger partial charge on any atom is 0.253 e. The molecule has 0 radical (unpaired) electrons. The molecule has 0 unspecified atom stereocenters. The fourth-order valence-corrected chi connectivity index (χ4v) is 3.99. The molecule has 0 bridgehead atoms. The number of imidazole rings is 1. The van der Waals surface area contributed by atoms with Crippen LogP contribution in [0.15, 0.2) is 55.1 Å². The number of carbonyl (C=O) groups is 1. The number of nitrogens with zero attached hydrogens (tertiary/aromatic N) is 6. The van der Waals surface area contributed by atoms with E-state index in [-0.39, 0.29) is 5.91 Å². The van der Waals surface area contributed by atoms with Gasteiger partial charge in [-0.3, -0.25) is 14.3 Å². The molecule has 0 aromatic carbocycles. The topological polar surface area (TPSA) is 89.6 Å². The number of aromatic nitrogens is 5. The van der Waals surface area contributed by atoms with Crippen LogP contribution in [0.25, 0.3) is 22.9 Å². The Morgan fingerprint density at radius 1 is 1.16 bits per heavy atom. The molecule has 9 heteroatoms. The summed E-state index contributed by atoms with van der Waals surface area (Å²) in [6, 6.07) is 9.51. The predicted molar refractivity (Wildman–Crippen MR) is 120 cm³/mol. The van der Waals surface area contributed by atoms with Gasteiger partial charge in [0.15, 0.2) is 0 Å². The highest BCUT2D eigenvalue weighted by Gasteiger charge is 2.19. The Hall–Kier alpha value is -3.56. The number of fused-ring (bicyclic) bond motifs is 1. The summed E-state index contributed by atoms with van der Waals surface area (Å²) in [7, 11) is 0. The molecule has 0 saturated carbocycles. The molecule has 0 spiro atoms. The first-order valence-corrected chi connectivity index (χ1v) is 10.7. The van der Waals surface area contributed by atoms with Gasteiger partial charge in [0.1, 0.15) is 11.5 Å². The molecule has 4 aromatic heterocycles. The number of rotatable bonds is 6. The zero-order valence-corrected chi connectivity index (χ0v) is 17.9. The average molecular weight is 432 g/mol. The van der Waals surface area contributed by atoms with Crippen LogP contribution < -0.4 is 5.32 Å². The SMILES string of the molecule is Cc1nc(-c2cc(C(=O)NCCN3CCOCC3)c3ccccn23)cn1-c1ncccn1. The summed E-state index contributed by atoms with van der Waals surface area (Å²) in [5.74, 6) is 1.25. The van der Waals surface area contributed by atoms with Gasteiger partial charge in [0, 0.05) is 51.0 Å². The minimum absolute atomic E-state index is 0.0873. The number of carbonyl (C=O) groups excluding carboxylic acids is 1. The summed E-state index contributed by atoms with van der Waals surface area (Å²) < 4.78 is 9.22. The maximum absolute atomic E-state index is 13.0. The van der Waals surface area contributed by atoms with Crippen molar-refractivity contribution in [3.63, 3.8) is 0 Å². The van der Waals surface area contributed by atoms with Crippen LogP contribution in [0.1, 0.15) is 16.2 Å². The van der Waals surface area contributed by atoms with Gasteiger partial charge in [-0.1, -0.05) is 6.07 Å². The number of nitrogens with one attached hydrogen (secondary N) is 1. The zero-order valence-electron chi connectivity index (χ0n) is 17.9. The van der Waals surface area contributed by atoms with Gasteiger partial charge in [0.2, 0.25) is 5.95 Å². The first-order valence-electron chi connectivity index (χ1n) is 10.7. The Labute approximate surface area is 185 Å². The number of ether oxygens (including phenoxy) is 1. The van der Waals surface area contributed by atoms with E-state index in [4.69, 9.17) is 9.72 Å². The maximum atomic E-state index is 13.0. The van der Waals surface area contributed by atoms with Gasteiger partial charge in [0.05, 0.1) is 30.0 Å². The molecule has 1 aliphatic rings. The van der Waals surface area contributed by atoms with Crippen LogP contribution in [0.5, 0.6) is 0 Å². The lowest BCUT2D eigenvalue weighted by atomic mass is 10.2. The largest absolute Gasteiger partial charge is 0.379 e. The van der Waals surface area contributed by atoms with E-state index < -0.39 is 0 Å². The lowest BCUT2D eigenvalue weighted by molar-refractivity contribution is 0.0383. The molecule has 32 heavy (non-hydrogen) atoms. The van der Waals surface area contributed by atoms with Gasteiger partial charge < -0.3 is 14.5 Å². The molecule has 1 amide bonds. The lowest BCUT2D eigenvalue weighted by Gasteiger charge is -2.26. The van der Waals surface area contributed by atoms with Crippen LogP contribution >= 0.6 is 0 Å². The molecule has 164 valence electrons. The van der Waals surface area contributed by atoms with Crippen molar-refractivity contribution < 1.29 is 9.53 Å². The van der Waals surface area contributed by atoms with Crippen molar-refractivity contribution in [3.05, 3.63) is 66.5 Å². The van der Waals surface area contributed by atoms with Crippen molar-refractivity contribution in [1.82, 2.24) is 34.1 Å². The van der Waals surface area contributed by atoms with Crippen LogP contribution in [0.4, 0.5) is 0 Å². The fourth-order valence-electron chi connectivity index (χ4n) is 3.99. The molecular weight excluding hydrogens is 406 g/mol. The molecule has 1 N–H and O–H groups in total. The Morgan fingerprint density at radius 3 is 2.78 bits per heavy atom. The Balaban J connectivity index is 1.41. The summed E-state index contributed by atoms with van der Waals surface area (Å²) >= 11 is 0. The Kier molecular flexibility index (Phi) is 5.66. The quantitative estimate of drug-likeness (QED) is 0.502. The summed E-state index contributed by atoms with van der Waals surface area (Å²) in [6.07, 6.45) is 7.25. The zero-order chi connectivity index (χ0) is 21.9. The first kappa shape index (κ1) is 20.3. The van der Waals surface area contributed by atoms with E-state index in [0.717, 1.165) is 55.6 Å². The molecule has 0 aliphatic carbocycles. The van der Waals surface area contributed by atoms with E-state index in [1.54, 1.807) is 18.5 Å². The number of morpholine rings is 1. The number of aryl methyl sites for hydroxylation is 1. The Bertz CT molecular complexity index is 1230. The van der Waals surface area contributed by atoms with Crippen molar-refractivity contribution in [1.29, 1.82) is 0 Å². The third-order valence-corrected chi connectivity index (χ3v) is 5.65. The lowest BCUT2D eigenvalue weighted by Crippen LogP contribution is -2.41. The van der Waals surface area contributed by atoms with Crippen LogP contribution in [0, 0.1) is 6.92 Å². The molecule has 9 nitrogen and oxygen atoms in total. The van der Waals surface area contributed by atoms with Gasteiger partial charge in [-0.25, -0.2) is 15.0 Å². The molecule has 1 aliphatic heterocycles. The molecule has 0 atom stereocenters. The van der Waals surface area contributed by atoms with E-state index in [0.29, 0.717) is 18.1 Å². The van der Waals surface area contributed by atoms with Gasteiger partial charge in [-0.05, 0) is 31.2 Å². The fraction of sp³-hybridized carbons (Fsp3) is 0.304. The summed E-state index contributed by atoms with van der Waals surface area (Å²) in [4.78, 5) is 28.7.